The van der Waals surface area contributed by atoms with Gasteiger partial charge in [0.05, 0.1) is 12.7 Å². The summed E-state index contributed by atoms with van der Waals surface area (Å²) >= 11 is 0. The number of halogens is 2. The third-order valence-electron chi connectivity index (χ3n) is 1.68. The summed E-state index contributed by atoms with van der Waals surface area (Å²) in [4.78, 5) is 13.9. The number of alkyl halides is 2. The van der Waals surface area contributed by atoms with Crippen LogP contribution in [0.3, 0.4) is 0 Å². The van der Waals surface area contributed by atoms with Crippen LogP contribution in [0.15, 0.2) is 6.20 Å². The number of hydrogen-bond acceptors (Lipinski definition) is 4. The van der Waals surface area contributed by atoms with Gasteiger partial charge in [0.25, 0.3) is 6.43 Å². The summed E-state index contributed by atoms with van der Waals surface area (Å²) in [7, 11) is 1.20. The molecule has 0 spiro atoms. The molecule has 4 nitrogen and oxygen atoms in total. The third kappa shape index (κ3) is 1.63. The Morgan fingerprint density at radius 3 is 2.71 bits per heavy atom. The fourth-order valence-corrected chi connectivity index (χ4v) is 1.02. The van der Waals surface area contributed by atoms with Gasteiger partial charge in [-0.2, -0.15) is 0 Å². The van der Waals surface area contributed by atoms with Crippen molar-refractivity contribution in [2.24, 2.45) is 0 Å². The Bertz CT molecular complexity index is 355. The van der Waals surface area contributed by atoms with Gasteiger partial charge in [-0.25, -0.2) is 8.78 Å². The summed E-state index contributed by atoms with van der Waals surface area (Å²) in [5, 5.41) is 0. The molecule has 0 unspecified atom stereocenters. The van der Waals surface area contributed by atoms with Crippen LogP contribution in [0.25, 0.3) is 0 Å². The molecule has 2 N–H and O–H groups in total. The fraction of sp³-hybridized carbons (Fsp3) is 0.250. The summed E-state index contributed by atoms with van der Waals surface area (Å²) < 4.78 is 29.4. The zero-order chi connectivity index (χ0) is 10.7. The molecule has 0 atom stereocenters. The quantitative estimate of drug-likeness (QED) is 0.753. The maximum absolute atomic E-state index is 12.4. The number of nitrogens with two attached hydrogens (primary N) is 1. The predicted octanol–water partition coefficient (Wildman–Crippen LogP) is 1.42. The first-order valence-electron chi connectivity index (χ1n) is 3.67. The van der Waals surface area contributed by atoms with Crippen LogP contribution < -0.4 is 10.5 Å². The monoisotopic (exact) mass is 202 g/mol. The minimum absolute atomic E-state index is 0.105. The van der Waals surface area contributed by atoms with Gasteiger partial charge in [-0.3, -0.25) is 9.78 Å². The first kappa shape index (κ1) is 10.4. The zero-order valence-corrected chi connectivity index (χ0v) is 7.33. The van der Waals surface area contributed by atoms with E-state index in [0.717, 1.165) is 6.20 Å². The number of anilines is 1. The Kier molecular flexibility index (Phi) is 2.95. The van der Waals surface area contributed by atoms with Crippen molar-refractivity contribution in [3.05, 3.63) is 17.5 Å². The molecule has 76 valence electrons. The highest BCUT2D eigenvalue weighted by atomic mass is 19.3. The molecule has 1 heterocycles. The molecule has 0 bridgehead atoms. The van der Waals surface area contributed by atoms with Gasteiger partial charge in [0.1, 0.15) is 11.4 Å². The van der Waals surface area contributed by atoms with Crippen molar-refractivity contribution in [1.82, 2.24) is 4.98 Å². The van der Waals surface area contributed by atoms with Crippen LogP contribution in [0.2, 0.25) is 0 Å². The number of carbonyl (C=O) groups excluding carboxylic acids is 1. The maximum Gasteiger partial charge on any atom is 0.268 e. The average molecular weight is 202 g/mol. The number of methoxy groups -OCH3 is 1. The lowest BCUT2D eigenvalue weighted by Gasteiger charge is -2.10. The molecule has 0 radical (unpaired) electrons. The highest BCUT2D eigenvalue weighted by molar-refractivity contribution is 5.83. The van der Waals surface area contributed by atoms with Crippen LogP contribution >= 0.6 is 0 Å². The van der Waals surface area contributed by atoms with Gasteiger partial charge >= 0.3 is 0 Å². The molecule has 0 saturated carbocycles. The summed E-state index contributed by atoms with van der Waals surface area (Å²) in [5.74, 6) is -0.197. The average Bonchev–Trinajstić information content (AvgIpc) is 2.17. The van der Waals surface area contributed by atoms with E-state index in [1.54, 1.807) is 0 Å². The van der Waals surface area contributed by atoms with E-state index in [1.165, 1.54) is 7.11 Å². The second-order valence-electron chi connectivity index (χ2n) is 2.46. The van der Waals surface area contributed by atoms with Crippen LogP contribution in [-0.4, -0.2) is 18.4 Å². The topological polar surface area (TPSA) is 65.2 Å². The molecule has 0 aliphatic heterocycles. The lowest BCUT2D eigenvalue weighted by Crippen LogP contribution is -2.04. The number of hydrogen-bond donors (Lipinski definition) is 1. The van der Waals surface area contributed by atoms with Crippen molar-refractivity contribution >= 4 is 12.0 Å². The Morgan fingerprint density at radius 2 is 2.29 bits per heavy atom. The van der Waals surface area contributed by atoms with E-state index >= 15 is 0 Å². The largest absolute Gasteiger partial charge is 0.494 e. The molecule has 6 heteroatoms. The Morgan fingerprint density at radius 1 is 1.64 bits per heavy atom. The lowest BCUT2D eigenvalue weighted by molar-refractivity contribution is 0.111. The summed E-state index contributed by atoms with van der Waals surface area (Å²) in [6, 6.07) is 0. The van der Waals surface area contributed by atoms with Crippen molar-refractivity contribution in [2.75, 3.05) is 12.8 Å². The van der Waals surface area contributed by atoms with Crippen LogP contribution in [-0.2, 0) is 0 Å². The lowest BCUT2D eigenvalue weighted by atomic mass is 10.2. The van der Waals surface area contributed by atoms with Crippen molar-refractivity contribution < 1.29 is 18.3 Å². The van der Waals surface area contributed by atoms with Gasteiger partial charge in [-0.15, -0.1) is 0 Å². The van der Waals surface area contributed by atoms with E-state index in [9.17, 15) is 13.6 Å². The van der Waals surface area contributed by atoms with Crippen molar-refractivity contribution in [2.45, 2.75) is 6.43 Å². The zero-order valence-electron chi connectivity index (χ0n) is 7.33. The van der Waals surface area contributed by atoms with E-state index < -0.39 is 12.0 Å². The second kappa shape index (κ2) is 3.99. The molecule has 0 saturated heterocycles. The minimum Gasteiger partial charge on any atom is -0.494 e. The summed E-state index contributed by atoms with van der Waals surface area (Å²) in [6.45, 7) is 0. The number of rotatable bonds is 3. The van der Waals surface area contributed by atoms with E-state index in [-0.39, 0.29) is 17.1 Å². The number of pyridine rings is 1. The Hall–Kier alpha value is -1.72. The van der Waals surface area contributed by atoms with Gasteiger partial charge < -0.3 is 10.5 Å². The number of nitrogen functional groups attached to an aromatic ring is 1. The molecule has 0 aromatic carbocycles. The Labute approximate surface area is 78.7 Å². The van der Waals surface area contributed by atoms with Gasteiger partial charge in [-0.1, -0.05) is 0 Å². The first-order chi connectivity index (χ1) is 6.61. The van der Waals surface area contributed by atoms with Gasteiger partial charge in [0.2, 0.25) is 0 Å². The normalized spacial score (nSPS) is 10.3. The number of aromatic nitrogens is 1. The number of carbonyl (C=O) groups is 1. The van der Waals surface area contributed by atoms with Crippen LogP contribution in [0.4, 0.5) is 14.5 Å². The van der Waals surface area contributed by atoms with E-state index in [4.69, 9.17) is 5.73 Å². The van der Waals surface area contributed by atoms with Gasteiger partial charge in [-0.05, 0) is 0 Å². The van der Waals surface area contributed by atoms with Crippen molar-refractivity contribution in [1.29, 1.82) is 0 Å². The third-order valence-corrected chi connectivity index (χ3v) is 1.68. The summed E-state index contributed by atoms with van der Waals surface area (Å²) in [6.07, 6.45) is -1.48. The molecule has 1 aromatic heterocycles. The molecule has 0 amide bonds. The minimum atomic E-state index is -2.74. The molecular weight excluding hydrogens is 194 g/mol. The molecule has 0 aliphatic carbocycles. The maximum atomic E-state index is 12.4. The molecule has 14 heavy (non-hydrogen) atoms. The number of nitrogens with zero attached hydrogens (tertiary/aromatic N) is 1. The number of ether oxygens (including phenoxy) is 1. The van der Waals surface area contributed by atoms with Gasteiger partial charge in [0, 0.05) is 6.20 Å². The second-order valence-corrected chi connectivity index (χ2v) is 2.46. The summed E-state index contributed by atoms with van der Waals surface area (Å²) in [5.41, 5.74) is 4.70. The SMILES string of the molecule is COc1c(C(F)F)cnc(C=O)c1N. The highest BCUT2D eigenvalue weighted by Crippen LogP contribution is 2.33. The van der Waals surface area contributed by atoms with Crippen molar-refractivity contribution in [3.63, 3.8) is 0 Å². The first-order valence-corrected chi connectivity index (χ1v) is 3.67. The smallest absolute Gasteiger partial charge is 0.268 e. The highest BCUT2D eigenvalue weighted by Gasteiger charge is 2.19. The standard InChI is InChI=1S/C8H8F2N2O2/c1-14-7-4(8(9)10)2-12-5(3-13)6(7)11/h2-3,8H,11H2,1H3. The van der Waals surface area contributed by atoms with E-state index in [1.807, 2.05) is 0 Å². The van der Waals surface area contributed by atoms with E-state index in [2.05, 4.69) is 9.72 Å². The van der Waals surface area contributed by atoms with Crippen LogP contribution in [0.5, 0.6) is 5.75 Å². The van der Waals surface area contributed by atoms with Gasteiger partial charge in [0.15, 0.2) is 12.0 Å². The molecular formula is C8H8F2N2O2. The predicted molar refractivity (Wildman–Crippen MR) is 45.5 cm³/mol. The fourth-order valence-electron chi connectivity index (χ4n) is 1.02. The van der Waals surface area contributed by atoms with Crippen molar-refractivity contribution in [3.8, 4) is 5.75 Å². The Balaban J connectivity index is 3.35. The molecule has 0 aliphatic rings. The number of aldehydes is 1. The molecule has 1 aromatic rings. The van der Waals surface area contributed by atoms with Crippen LogP contribution in [0, 0.1) is 0 Å². The van der Waals surface area contributed by atoms with E-state index in [0.29, 0.717) is 6.29 Å². The molecule has 0 fully saturated rings. The van der Waals surface area contributed by atoms with Crippen LogP contribution in [0.1, 0.15) is 22.5 Å². The molecule has 1 rings (SSSR count).